The molecular formula is C17H16N2O4. The SMILES string of the molecule is O=C(NN1C(=O)[C@@H]2[C@@H](C1=O)[C@H]1C=C[C@H]2C1)[C@H](O)c1ccccc1. The minimum Gasteiger partial charge on any atom is -0.378 e. The van der Waals surface area contributed by atoms with Crippen LogP contribution in [0.15, 0.2) is 42.5 Å². The molecule has 4 rings (SSSR count). The van der Waals surface area contributed by atoms with Gasteiger partial charge in [-0.2, -0.15) is 5.01 Å². The molecule has 0 radical (unpaired) electrons. The molecule has 2 fully saturated rings. The number of benzene rings is 1. The van der Waals surface area contributed by atoms with Gasteiger partial charge in [-0.3, -0.25) is 19.8 Å². The van der Waals surface area contributed by atoms with Crippen molar-refractivity contribution < 1.29 is 19.5 Å². The monoisotopic (exact) mass is 312 g/mol. The van der Waals surface area contributed by atoms with Crippen molar-refractivity contribution in [1.82, 2.24) is 10.4 Å². The number of hydrogen-bond acceptors (Lipinski definition) is 4. The van der Waals surface area contributed by atoms with Crippen molar-refractivity contribution in [3.63, 3.8) is 0 Å². The summed E-state index contributed by atoms with van der Waals surface area (Å²) in [6.45, 7) is 0. The Morgan fingerprint density at radius 2 is 1.65 bits per heavy atom. The fraction of sp³-hybridized carbons (Fsp3) is 0.353. The molecule has 0 unspecified atom stereocenters. The van der Waals surface area contributed by atoms with E-state index in [-0.39, 0.29) is 35.5 Å². The van der Waals surface area contributed by atoms with E-state index in [1.165, 1.54) is 0 Å². The van der Waals surface area contributed by atoms with E-state index in [2.05, 4.69) is 5.43 Å². The number of carbonyl (C=O) groups excluding carboxylic acids is 3. The molecule has 0 spiro atoms. The third-order valence-electron chi connectivity index (χ3n) is 5.06. The second kappa shape index (κ2) is 5.03. The van der Waals surface area contributed by atoms with Gasteiger partial charge in [0.1, 0.15) is 0 Å². The lowest BCUT2D eigenvalue weighted by atomic mass is 9.85. The van der Waals surface area contributed by atoms with Gasteiger partial charge in [-0.1, -0.05) is 42.5 Å². The predicted octanol–water partition coefficient (Wildman–Crippen LogP) is 0.558. The average molecular weight is 312 g/mol. The largest absolute Gasteiger partial charge is 0.378 e. The summed E-state index contributed by atoms with van der Waals surface area (Å²) in [7, 11) is 0. The topological polar surface area (TPSA) is 86.7 Å². The zero-order valence-electron chi connectivity index (χ0n) is 12.3. The van der Waals surface area contributed by atoms with E-state index in [4.69, 9.17) is 0 Å². The van der Waals surface area contributed by atoms with Gasteiger partial charge in [0.15, 0.2) is 6.10 Å². The zero-order valence-corrected chi connectivity index (χ0v) is 12.3. The maximum absolute atomic E-state index is 12.5. The number of hydrogen-bond donors (Lipinski definition) is 2. The van der Waals surface area contributed by atoms with Gasteiger partial charge in [-0.15, -0.1) is 0 Å². The fourth-order valence-corrected chi connectivity index (χ4v) is 3.97. The highest BCUT2D eigenvalue weighted by atomic mass is 16.3. The lowest BCUT2D eigenvalue weighted by Gasteiger charge is -2.20. The van der Waals surface area contributed by atoms with Crippen LogP contribution in [0.2, 0.25) is 0 Å². The number of nitrogens with zero attached hydrogens (tertiary/aromatic N) is 1. The lowest BCUT2D eigenvalue weighted by molar-refractivity contribution is -0.152. The van der Waals surface area contributed by atoms with Crippen molar-refractivity contribution in [3.05, 3.63) is 48.0 Å². The first-order valence-electron chi connectivity index (χ1n) is 7.67. The molecule has 2 aliphatic carbocycles. The first-order chi connectivity index (χ1) is 11.1. The molecule has 5 atom stereocenters. The lowest BCUT2D eigenvalue weighted by Crippen LogP contribution is -2.49. The van der Waals surface area contributed by atoms with Crippen LogP contribution in [0.1, 0.15) is 18.1 Å². The van der Waals surface area contributed by atoms with Crippen LogP contribution in [-0.2, 0) is 14.4 Å². The molecule has 1 aliphatic heterocycles. The number of nitrogens with one attached hydrogen (secondary N) is 1. The molecule has 1 aromatic rings. The van der Waals surface area contributed by atoms with Crippen LogP contribution in [0.3, 0.4) is 0 Å². The van der Waals surface area contributed by atoms with Crippen molar-refractivity contribution in [2.45, 2.75) is 12.5 Å². The predicted molar refractivity (Wildman–Crippen MR) is 79.1 cm³/mol. The molecule has 6 heteroatoms. The Hall–Kier alpha value is -2.47. The van der Waals surface area contributed by atoms with Gasteiger partial charge >= 0.3 is 0 Å². The van der Waals surface area contributed by atoms with E-state index in [0.717, 1.165) is 11.4 Å². The van der Waals surface area contributed by atoms with Gasteiger partial charge in [0.05, 0.1) is 11.8 Å². The molecule has 3 aliphatic rings. The van der Waals surface area contributed by atoms with Crippen molar-refractivity contribution in [1.29, 1.82) is 0 Å². The van der Waals surface area contributed by atoms with Gasteiger partial charge in [0.2, 0.25) is 0 Å². The number of imide groups is 1. The molecule has 1 saturated heterocycles. The number of carbonyl (C=O) groups is 3. The number of hydrazine groups is 1. The molecule has 23 heavy (non-hydrogen) atoms. The van der Waals surface area contributed by atoms with Gasteiger partial charge < -0.3 is 5.11 Å². The third-order valence-corrected chi connectivity index (χ3v) is 5.06. The molecule has 6 nitrogen and oxygen atoms in total. The number of rotatable bonds is 3. The smallest absolute Gasteiger partial charge is 0.272 e. The molecule has 0 aromatic heterocycles. The van der Waals surface area contributed by atoms with E-state index in [1.807, 2.05) is 12.2 Å². The minimum absolute atomic E-state index is 0.0856. The van der Waals surface area contributed by atoms with Gasteiger partial charge in [0.25, 0.3) is 17.7 Å². The number of fused-ring (bicyclic) bond motifs is 5. The Labute approximate surface area is 132 Å². The van der Waals surface area contributed by atoms with Crippen molar-refractivity contribution in [2.75, 3.05) is 0 Å². The average Bonchev–Trinajstić information content (AvgIpc) is 3.24. The summed E-state index contributed by atoms with van der Waals surface area (Å²) in [6.07, 6.45) is 3.39. The Balaban J connectivity index is 1.51. The van der Waals surface area contributed by atoms with E-state index < -0.39 is 12.0 Å². The molecule has 1 aromatic carbocycles. The maximum atomic E-state index is 12.5. The highest BCUT2D eigenvalue weighted by Crippen LogP contribution is 2.52. The standard InChI is InChI=1S/C17H16N2O4/c20-14(9-4-2-1-3-5-9)15(21)18-19-16(22)12-10-6-7-11(8-10)13(12)17(19)23/h1-7,10-14,20H,8H2,(H,18,21)/t10-,11-,12-,13-,14+/m0/s1. The summed E-state index contributed by atoms with van der Waals surface area (Å²) >= 11 is 0. The van der Waals surface area contributed by atoms with Crippen LogP contribution in [0.4, 0.5) is 0 Å². The normalized spacial score (nSPS) is 32.3. The van der Waals surface area contributed by atoms with E-state index >= 15 is 0 Å². The molecule has 2 N–H and O–H groups in total. The third kappa shape index (κ3) is 2.02. The summed E-state index contributed by atoms with van der Waals surface area (Å²) in [4.78, 5) is 37.1. The Bertz CT molecular complexity index is 685. The summed E-state index contributed by atoms with van der Waals surface area (Å²) in [5, 5.41) is 10.9. The summed E-state index contributed by atoms with van der Waals surface area (Å²) in [5.74, 6) is -2.09. The highest BCUT2D eigenvalue weighted by Gasteiger charge is 2.59. The summed E-state index contributed by atoms with van der Waals surface area (Å²) in [6, 6.07) is 8.39. The number of allylic oxidation sites excluding steroid dienone is 2. The quantitative estimate of drug-likeness (QED) is 0.631. The van der Waals surface area contributed by atoms with Gasteiger partial charge in [-0.05, 0) is 23.8 Å². The van der Waals surface area contributed by atoms with E-state index in [1.54, 1.807) is 30.3 Å². The Kier molecular flexibility index (Phi) is 3.09. The van der Waals surface area contributed by atoms with Crippen LogP contribution in [0, 0.1) is 23.7 Å². The molecular weight excluding hydrogens is 296 g/mol. The first kappa shape index (κ1) is 14.1. The van der Waals surface area contributed by atoms with Gasteiger partial charge in [-0.25, -0.2) is 0 Å². The maximum Gasteiger partial charge on any atom is 0.272 e. The molecule has 3 amide bonds. The number of amides is 3. The number of aliphatic hydroxyl groups is 1. The van der Waals surface area contributed by atoms with Gasteiger partial charge in [0, 0.05) is 0 Å². The minimum atomic E-state index is -1.42. The van der Waals surface area contributed by atoms with Crippen LogP contribution in [0.25, 0.3) is 0 Å². The Morgan fingerprint density at radius 1 is 1.09 bits per heavy atom. The Morgan fingerprint density at radius 3 is 2.22 bits per heavy atom. The molecule has 118 valence electrons. The summed E-state index contributed by atoms with van der Waals surface area (Å²) in [5.41, 5.74) is 2.70. The van der Waals surface area contributed by atoms with Crippen LogP contribution >= 0.6 is 0 Å². The van der Waals surface area contributed by atoms with Crippen LogP contribution in [-0.4, -0.2) is 27.8 Å². The zero-order chi connectivity index (χ0) is 16.1. The molecule has 1 saturated carbocycles. The molecule has 1 heterocycles. The second-order valence-corrected chi connectivity index (χ2v) is 6.30. The van der Waals surface area contributed by atoms with Crippen LogP contribution < -0.4 is 5.43 Å². The van der Waals surface area contributed by atoms with Crippen molar-refractivity contribution in [2.24, 2.45) is 23.7 Å². The highest BCUT2D eigenvalue weighted by molar-refractivity contribution is 6.07. The number of aliphatic hydroxyl groups excluding tert-OH is 1. The fourth-order valence-electron chi connectivity index (χ4n) is 3.97. The molecule has 2 bridgehead atoms. The van der Waals surface area contributed by atoms with E-state index in [9.17, 15) is 19.5 Å². The van der Waals surface area contributed by atoms with Crippen molar-refractivity contribution in [3.8, 4) is 0 Å². The van der Waals surface area contributed by atoms with Crippen molar-refractivity contribution >= 4 is 17.7 Å². The van der Waals surface area contributed by atoms with E-state index in [0.29, 0.717) is 5.56 Å². The second-order valence-electron chi connectivity index (χ2n) is 6.30. The van der Waals surface area contributed by atoms with Crippen LogP contribution in [0.5, 0.6) is 0 Å². The summed E-state index contributed by atoms with van der Waals surface area (Å²) < 4.78 is 0. The first-order valence-corrected chi connectivity index (χ1v) is 7.67.